The molecule has 0 saturated carbocycles. The van der Waals surface area contributed by atoms with E-state index in [1.165, 1.54) is 5.56 Å². The number of urea groups is 1. The first-order valence-electron chi connectivity index (χ1n) is 7.05. The molecule has 0 saturated heterocycles. The van der Waals surface area contributed by atoms with Crippen LogP contribution in [0.3, 0.4) is 0 Å². The van der Waals surface area contributed by atoms with E-state index in [1.54, 1.807) is 6.20 Å². The highest BCUT2D eigenvalue weighted by atomic mass is 16.2. The van der Waals surface area contributed by atoms with E-state index in [4.69, 9.17) is 0 Å². The summed E-state index contributed by atoms with van der Waals surface area (Å²) in [5.74, 6) is 0.809. The van der Waals surface area contributed by atoms with E-state index in [2.05, 4.69) is 33.1 Å². The van der Waals surface area contributed by atoms with E-state index in [-0.39, 0.29) is 6.03 Å². The van der Waals surface area contributed by atoms with Gasteiger partial charge >= 0.3 is 6.03 Å². The van der Waals surface area contributed by atoms with Crippen molar-refractivity contribution in [3.63, 3.8) is 0 Å². The number of carbonyl (C=O) groups is 1. The maximum absolute atomic E-state index is 11.6. The van der Waals surface area contributed by atoms with Crippen LogP contribution in [0.25, 0.3) is 0 Å². The summed E-state index contributed by atoms with van der Waals surface area (Å²) in [6.07, 6.45) is 2.56. The number of aromatic nitrogens is 1. The number of amides is 2. The minimum Gasteiger partial charge on any atom is -0.368 e. The summed E-state index contributed by atoms with van der Waals surface area (Å²) in [5.41, 5.74) is 1.22. The summed E-state index contributed by atoms with van der Waals surface area (Å²) >= 11 is 0. The topological polar surface area (TPSA) is 66.0 Å². The lowest BCUT2D eigenvalue weighted by molar-refractivity contribution is 0.241. The molecule has 0 aliphatic carbocycles. The van der Waals surface area contributed by atoms with Crippen molar-refractivity contribution in [1.29, 1.82) is 0 Å². The van der Waals surface area contributed by atoms with Crippen LogP contribution in [0.2, 0.25) is 0 Å². The van der Waals surface area contributed by atoms with E-state index in [9.17, 15) is 4.79 Å². The van der Waals surface area contributed by atoms with Gasteiger partial charge in [0.2, 0.25) is 0 Å². The predicted octanol–water partition coefficient (Wildman–Crippen LogP) is 2.04. The second-order valence-corrected chi connectivity index (χ2v) is 4.56. The van der Waals surface area contributed by atoms with Crippen molar-refractivity contribution in [1.82, 2.24) is 15.6 Å². The van der Waals surface area contributed by atoms with Gasteiger partial charge in [-0.1, -0.05) is 36.4 Å². The van der Waals surface area contributed by atoms with Crippen LogP contribution in [-0.4, -0.2) is 30.6 Å². The lowest BCUT2D eigenvalue weighted by Gasteiger charge is -2.08. The van der Waals surface area contributed by atoms with Crippen molar-refractivity contribution in [3.8, 4) is 0 Å². The Kier molecular flexibility index (Phi) is 6.06. The molecule has 2 rings (SSSR count). The van der Waals surface area contributed by atoms with Gasteiger partial charge in [0, 0.05) is 25.8 Å². The molecule has 0 radical (unpaired) electrons. The molecule has 1 aromatic heterocycles. The summed E-state index contributed by atoms with van der Waals surface area (Å²) in [7, 11) is 0. The molecule has 1 aromatic carbocycles. The average molecular weight is 284 g/mol. The standard InChI is InChI=1S/C16H20N4O/c21-16(19-11-9-14-6-2-1-3-7-14)20-13-12-18-15-8-4-5-10-17-15/h1-8,10H,9,11-13H2,(H,17,18)(H2,19,20,21). The Morgan fingerprint density at radius 2 is 1.67 bits per heavy atom. The van der Waals surface area contributed by atoms with Crippen LogP contribution in [0.4, 0.5) is 10.6 Å². The Morgan fingerprint density at radius 3 is 2.43 bits per heavy atom. The quantitative estimate of drug-likeness (QED) is 0.682. The normalized spacial score (nSPS) is 9.90. The number of carbonyl (C=O) groups excluding carboxylic acids is 1. The van der Waals surface area contributed by atoms with Gasteiger partial charge in [-0.2, -0.15) is 0 Å². The fraction of sp³-hybridized carbons (Fsp3) is 0.250. The maximum atomic E-state index is 11.6. The first kappa shape index (κ1) is 14.8. The Hall–Kier alpha value is -2.56. The smallest absolute Gasteiger partial charge is 0.314 e. The van der Waals surface area contributed by atoms with E-state index >= 15 is 0 Å². The molecule has 1 heterocycles. The van der Waals surface area contributed by atoms with Gasteiger partial charge in [0.15, 0.2) is 0 Å². The number of anilines is 1. The highest BCUT2D eigenvalue weighted by Gasteiger charge is 1.99. The van der Waals surface area contributed by atoms with E-state index < -0.39 is 0 Å². The number of nitrogens with one attached hydrogen (secondary N) is 3. The van der Waals surface area contributed by atoms with Crippen LogP contribution >= 0.6 is 0 Å². The highest BCUT2D eigenvalue weighted by Crippen LogP contribution is 1.98. The van der Waals surface area contributed by atoms with Crippen LogP contribution < -0.4 is 16.0 Å². The van der Waals surface area contributed by atoms with Gasteiger partial charge in [0.25, 0.3) is 0 Å². The summed E-state index contributed by atoms with van der Waals surface area (Å²) in [4.78, 5) is 15.7. The third-order valence-corrected chi connectivity index (χ3v) is 2.92. The predicted molar refractivity (Wildman–Crippen MR) is 84.3 cm³/mol. The first-order valence-corrected chi connectivity index (χ1v) is 7.05. The molecule has 0 aliphatic heterocycles. The molecule has 0 aliphatic rings. The fourth-order valence-corrected chi connectivity index (χ4v) is 1.86. The molecule has 0 spiro atoms. The van der Waals surface area contributed by atoms with Crippen molar-refractivity contribution in [2.45, 2.75) is 6.42 Å². The largest absolute Gasteiger partial charge is 0.368 e. The minimum absolute atomic E-state index is 0.145. The number of hydrogen-bond acceptors (Lipinski definition) is 3. The van der Waals surface area contributed by atoms with E-state index in [0.717, 1.165) is 12.2 Å². The highest BCUT2D eigenvalue weighted by molar-refractivity contribution is 5.73. The molecule has 0 atom stereocenters. The van der Waals surface area contributed by atoms with E-state index in [1.807, 2.05) is 36.4 Å². The molecular formula is C16H20N4O. The minimum atomic E-state index is -0.145. The number of rotatable bonds is 7. The molecule has 0 unspecified atom stereocenters. The van der Waals surface area contributed by atoms with Gasteiger partial charge < -0.3 is 16.0 Å². The Balaban J connectivity index is 1.54. The van der Waals surface area contributed by atoms with Crippen LogP contribution in [0, 0.1) is 0 Å². The summed E-state index contributed by atoms with van der Waals surface area (Å²) < 4.78 is 0. The molecule has 3 N–H and O–H groups in total. The number of pyridine rings is 1. The zero-order valence-electron chi connectivity index (χ0n) is 11.9. The number of hydrogen-bond donors (Lipinski definition) is 3. The van der Waals surface area contributed by atoms with Crippen LogP contribution in [-0.2, 0) is 6.42 Å². The van der Waals surface area contributed by atoms with Gasteiger partial charge in [-0.3, -0.25) is 0 Å². The molecule has 0 fully saturated rings. The van der Waals surface area contributed by atoms with Crippen molar-refractivity contribution in [3.05, 3.63) is 60.3 Å². The second kappa shape index (κ2) is 8.58. The molecule has 0 bridgehead atoms. The Labute approximate surface area is 124 Å². The number of nitrogens with zero attached hydrogens (tertiary/aromatic N) is 1. The van der Waals surface area contributed by atoms with Crippen LogP contribution in [0.5, 0.6) is 0 Å². The Bertz CT molecular complexity index is 530. The lowest BCUT2D eigenvalue weighted by atomic mass is 10.1. The SMILES string of the molecule is O=C(NCCNc1ccccn1)NCCc1ccccc1. The van der Waals surface area contributed by atoms with Crippen LogP contribution in [0.15, 0.2) is 54.7 Å². The summed E-state index contributed by atoms with van der Waals surface area (Å²) in [6.45, 7) is 1.82. The third kappa shape index (κ3) is 5.95. The zero-order valence-corrected chi connectivity index (χ0v) is 11.9. The second-order valence-electron chi connectivity index (χ2n) is 4.56. The lowest BCUT2D eigenvalue weighted by Crippen LogP contribution is -2.38. The van der Waals surface area contributed by atoms with Gasteiger partial charge in [-0.05, 0) is 24.1 Å². The monoisotopic (exact) mass is 284 g/mol. The van der Waals surface area contributed by atoms with Gasteiger partial charge in [0.05, 0.1) is 0 Å². The molecule has 2 aromatic rings. The van der Waals surface area contributed by atoms with Crippen LogP contribution in [0.1, 0.15) is 5.56 Å². The summed E-state index contributed by atoms with van der Waals surface area (Å²) in [5, 5.41) is 8.76. The van der Waals surface area contributed by atoms with Crippen molar-refractivity contribution < 1.29 is 4.79 Å². The molecule has 2 amide bonds. The molecule has 5 heteroatoms. The average Bonchev–Trinajstić information content (AvgIpc) is 2.54. The molecular weight excluding hydrogens is 264 g/mol. The van der Waals surface area contributed by atoms with Gasteiger partial charge in [0.1, 0.15) is 5.82 Å². The molecule has 5 nitrogen and oxygen atoms in total. The molecule has 21 heavy (non-hydrogen) atoms. The number of benzene rings is 1. The molecule has 110 valence electrons. The van der Waals surface area contributed by atoms with Crippen molar-refractivity contribution in [2.75, 3.05) is 25.0 Å². The fourth-order valence-electron chi connectivity index (χ4n) is 1.86. The van der Waals surface area contributed by atoms with Gasteiger partial charge in [-0.15, -0.1) is 0 Å². The van der Waals surface area contributed by atoms with Crippen molar-refractivity contribution >= 4 is 11.8 Å². The third-order valence-electron chi connectivity index (χ3n) is 2.92. The maximum Gasteiger partial charge on any atom is 0.314 e. The summed E-state index contributed by atoms with van der Waals surface area (Å²) in [6, 6.07) is 15.6. The van der Waals surface area contributed by atoms with E-state index in [0.29, 0.717) is 19.6 Å². The zero-order chi connectivity index (χ0) is 14.8. The Morgan fingerprint density at radius 1 is 0.905 bits per heavy atom. The van der Waals surface area contributed by atoms with Gasteiger partial charge in [-0.25, -0.2) is 9.78 Å². The van der Waals surface area contributed by atoms with Crippen molar-refractivity contribution in [2.24, 2.45) is 0 Å². The first-order chi connectivity index (χ1) is 10.3.